The standard InChI is InChI=1S/C21H25ClFN3O4/c1-3-25(4-2)20(27)14-6-5-9-26(12-14)21(28)18-11-16(30-24-18)13-29-19-8-7-15(23)10-17(19)22/h7-8,10-11,14H,3-6,9,12-13H2,1-2H3. The lowest BCUT2D eigenvalue weighted by molar-refractivity contribution is -0.136. The van der Waals surface area contributed by atoms with Gasteiger partial charge in [0.1, 0.15) is 18.2 Å². The molecule has 2 heterocycles. The number of nitrogens with zero attached hydrogens (tertiary/aromatic N) is 3. The number of halogens is 2. The Morgan fingerprint density at radius 3 is 2.80 bits per heavy atom. The summed E-state index contributed by atoms with van der Waals surface area (Å²) in [4.78, 5) is 28.9. The molecule has 1 aliphatic rings. The molecule has 2 amide bonds. The van der Waals surface area contributed by atoms with Gasteiger partial charge in [0.25, 0.3) is 5.91 Å². The highest BCUT2D eigenvalue weighted by molar-refractivity contribution is 6.32. The van der Waals surface area contributed by atoms with Crippen LogP contribution in [0.25, 0.3) is 0 Å². The van der Waals surface area contributed by atoms with E-state index in [9.17, 15) is 14.0 Å². The van der Waals surface area contributed by atoms with E-state index in [1.54, 1.807) is 9.80 Å². The first kappa shape index (κ1) is 22.1. The van der Waals surface area contributed by atoms with Crippen LogP contribution in [0.1, 0.15) is 42.9 Å². The molecule has 0 bridgehead atoms. The number of likely N-dealkylation sites (tertiary alicyclic amines) is 1. The maximum atomic E-state index is 13.1. The van der Waals surface area contributed by atoms with Crippen LogP contribution in [0.15, 0.2) is 28.8 Å². The minimum Gasteiger partial charge on any atom is -0.484 e. The molecule has 1 aromatic heterocycles. The number of ether oxygens (including phenoxy) is 1. The molecule has 9 heteroatoms. The maximum Gasteiger partial charge on any atom is 0.276 e. The fourth-order valence-corrected chi connectivity index (χ4v) is 3.76. The predicted octanol–water partition coefficient (Wildman–Crippen LogP) is 3.77. The zero-order valence-electron chi connectivity index (χ0n) is 17.1. The fourth-order valence-electron chi connectivity index (χ4n) is 3.54. The number of rotatable bonds is 7. The molecule has 0 N–H and O–H groups in total. The summed E-state index contributed by atoms with van der Waals surface area (Å²) in [5.41, 5.74) is 0.162. The molecule has 30 heavy (non-hydrogen) atoms. The Morgan fingerprint density at radius 1 is 1.33 bits per heavy atom. The van der Waals surface area contributed by atoms with E-state index in [1.165, 1.54) is 18.2 Å². The van der Waals surface area contributed by atoms with Crippen LogP contribution in [-0.2, 0) is 11.4 Å². The van der Waals surface area contributed by atoms with Gasteiger partial charge >= 0.3 is 0 Å². The molecule has 162 valence electrons. The van der Waals surface area contributed by atoms with E-state index < -0.39 is 5.82 Å². The zero-order chi connectivity index (χ0) is 21.7. The van der Waals surface area contributed by atoms with Gasteiger partial charge in [-0.3, -0.25) is 9.59 Å². The number of hydrogen-bond donors (Lipinski definition) is 0. The van der Waals surface area contributed by atoms with Crippen molar-refractivity contribution in [1.29, 1.82) is 0 Å². The number of piperidine rings is 1. The highest BCUT2D eigenvalue weighted by Gasteiger charge is 2.31. The molecule has 0 aliphatic carbocycles. The van der Waals surface area contributed by atoms with Crippen LogP contribution in [0.2, 0.25) is 5.02 Å². The van der Waals surface area contributed by atoms with Crippen molar-refractivity contribution in [3.63, 3.8) is 0 Å². The average molecular weight is 438 g/mol. The second kappa shape index (κ2) is 9.93. The number of hydrogen-bond acceptors (Lipinski definition) is 5. The molecule has 1 aromatic carbocycles. The van der Waals surface area contributed by atoms with Crippen LogP contribution in [0.5, 0.6) is 5.75 Å². The summed E-state index contributed by atoms with van der Waals surface area (Å²) in [6.45, 7) is 6.16. The molecule has 2 aromatic rings. The third-order valence-corrected chi connectivity index (χ3v) is 5.47. The van der Waals surface area contributed by atoms with E-state index in [0.29, 0.717) is 37.7 Å². The Labute approximate surface area is 179 Å². The van der Waals surface area contributed by atoms with Gasteiger partial charge in [0.15, 0.2) is 11.5 Å². The van der Waals surface area contributed by atoms with E-state index >= 15 is 0 Å². The van der Waals surface area contributed by atoms with Gasteiger partial charge in [0, 0.05) is 32.2 Å². The summed E-state index contributed by atoms with van der Waals surface area (Å²) < 4.78 is 23.8. The molecular weight excluding hydrogens is 413 g/mol. The second-order valence-electron chi connectivity index (χ2n) is 7.14. The van der Waals surface area contributed by atoms with Gasteiger partial charge < -0.3 is 19.1 Å². The number of aromatic nitrogens is 1. The molecule has 3 rings (SSSR count). The maximum absolute atomic E-state index is 13.1. The number of amides is 2. The molecular formula is C21H25ClFN3O4. The number of carbonyl (C=O) groups is 2. The quantitative estimate of drug-likeness (QED) is 0.659. The topological polar surface area (TPSA) is 75.9 Å². The molecule has 0 saturated carbocycles. The lowest BCUT2D eigenvalue weighted by Crippen LogP contribution is -2.46. The fraction of sp³-hybridized carbons (Fsp3) is 0.476. The lowest BCUT2D eigenvalue weighted by Gasteiger charge is -2.34. The van der Waals surface area contributed by atoms with E-state index in [4.69, 9.17) is 20.9 Å². The first-order valence-corrected chi connectivity index (χ1v) is 10.4. The molecule has 7 nitrogen and oxygen atoms in total. The van der Waals surface area contributed by atoms with Crippen LogP contribution >= 0.6 is 11.6 Å². The normalized spacial score (nSPS) is 16.4. The average Bonchev–Trinajstić information content (AvgIpc) is 3.22. The van der Waals surface area contributed by atoms with Crippen LogP contribution in [0, 0.1) is 11.7 Å². The van der Waals surface area contributed by atoms with Gasteiger partial charge in [-0.15, -0.1) is 0 Å². The predicted molar refractivity (Wildman–Crippen MR) is 109 cm³/mol. The van der Waals surface area contributed by atoms with Crippen molar-refractivity contribution in [2.45, 2.75) is 33.3 Å². The summed E-state index contributed by atoms with van der Waals surface area (Å²) >= 11 is 5.93. The van der Waals surface area contributed by atoms with Crippen molar-refractivity contribution in [2.75, 3.05) is 26.2 Å². The third-order valence-electron chi connectivity index (χ3n) is 5.17. The van der Waals surface area contributed by atoms with Crippen molar-refractivity contribution >= 4 is 23.4 Å². The van der Waals surface area contributed by atoms with Gasteiger partial charge in [-0.1, -0.05) is 16.8 Å². The lowest BCUT2D eigenvalue weighted by atomic mass is 9.96. The van der Waals surface area contributed by atoms with E-state index in [0.717, 1.165) is 18.9 Å². The SMILES string of the molecule is CCN(CC)C(=O)C1CCCN(C(=O)c2cc(COc3ccc(F)cc3Cl)on2)C1. The monoisotopic (exact) mass is 437 g/mol. The van der Waals surface area contributed by atoms with Crippen LogP contribution in [0.4, 0.5) is 4.39 Å². The Morgan fingerprint density at radius 2 is 2.10 bits per heavy atom. The third kappa shape index (κ3) is 5.11. The van der Waals surface area contributed by atoms with E-state index in [1.807, 2.05) is 13.8 Å². The minimum absolute atomic E-state index is 0.00525. The molecule has 0 radical (unpaired) electrons. The molecule has 1 fully saturated rings. The molecule has 0 spiro atoms. The molecule has 1 saturated heterocycles. The van der Waals surface area contributed by atoms with Crippen molar-refractivity contribution in [1.82, 2.24) is 15.0 Å². The van der Waals surface area contributed by atoms with Crippen molar-refractivity contribution < 1.29 is 23.2 Å². The first-order valence-electron chi connectivity index (χ1n) is 10.0. The Balaban J connectivity index is 1.60. The van der Waals surface area contributed by atoms with E-state index in [2.05, 4.69) is 5.16 Å². The second-order valence-corrected chi connectivity index (χ2v) is 7.55. The molecule has 1 atom stereocenters. The van der Waals surface area contributed by atoms with Gasteiger partial charge in [-0.25, -0.2) is 4.39 Å². The molecule has 1 unspecified atom stereocenters. The van der Waals surface area contributed by atoms with E-state index in [-0.39, 0.29) is 35.1 Å². The van der Waals surface area contributed by atoms with Gasteiger partial charge in [-0.05, 0) is 44.9 Å². The number of benzene rings is 1. The zero-order valence-corrected chi connectivity index (χ0v) is 17.8. The Hall–Kier alpha value is -2.61. The summed E-state index contributed by atoms with van der Waals surface area (Å²) in [7, 11) is 0. The Kier molecular flexibility index (Phi) is 7.31. The smallest absolute Gasteiger partial charge is 0.276 e. The largest absolute Gasteiger partial charge is 0.484 e. The number of carbonyl (C=O) groups excluding carboxylic acids is 2. The van der Waals surface area contributed by atoms with Crippen molar-refractivity contribution in [3.8, 4) is 5.75 Å². The minimum atomic E-state index is -0.459. The van der Waals surface area contributed by atoms with Crippen LogP contribution < -0.4 is 4.74 Å². The van der Waals surface area contributed by atoms with Crippen LogP contribution in [-0.4, -0.2) is 52.9 Å². The van der Waals surface area contributed by atoms with Gasteiger partial charge in [0.2, 0.25) is 5.91 Å². The summed E-state index contributed by atoms with van der Waals surface area (Å²) in [5.74, 6) is -0.204. The van der Waals surface area contributed by atoms with Crippen molar-refractivity contribution in [3.05, 3.63) is 46.6 Å². The van der Waals surface area contributed by atoms with Crippen molar-refractivity contribution in [2.24, 2.45) is 5.92 Å². The summed E-state index contributed by atoms with van der Waals surface area (Å²) in [5, 5.41) is 3.98. The van der Waals surface area contributed by atoms with Gasteiger partial charge in [-0.2, -0.15) is 0 Å². The summed E-state index contributed by atoms with van der Waals surface area (Å²) in [6.07, 6.45) is 1.54. The molecule has 1 aliphatic heterocycles. The Bertz CT molecular complexity index is 900. The first-order chi connectivity index (χ1) is 14.4. The van der Waals surface area contributed by atoms with Crippen LogP contribution in [0.3, 0.4) is 0 Å². The highest BCUT2D eigenvalue weighted by atomic mass is 35.5. The highest BCUT2D eigenvalue weighted by Crippen LogP contribution is 2.26. The summed E-state index contributed by atoms with van der Waals surface area (Å²) in [6, 6.07) is 5.32. The van der Waals surface area contributed by atoms with Gasteiger partial charge in [0.05, 0.1) is 10.9 Å².